The minimum atomic E-state index is -2.55. The summed E-state index contributed by atoms with van der Waals surface area (Å²) in [4.78, 5) is 0. The van der Waals surface area contributed by atoms with E-state index in [2.05, 4.69) is 0 Å². The summed E-state index contributed by atoms with van der Waals surface area (Å²) in [7, 11) is -5.09. The average molecular weight is 476 g/mol. The van der Waals surface area contributed by atoms with Gasteiger partial charge in [0.2, 0.25) is 13.6 Å². The number of fused-ring (bicyclic) bond motifs is 2. The summed E-state index contributed by atoms with van der Waals surface area (Å²) in [5.74, 6) is 3.11. The summed E-state index contributed by atoms with van der Waals surface area (Å²) in [6.45, 7) is 0.240. The van der Waals surface area contributed by atoms with Crippen LogP contribution in [0.15, 0.2) is 60.7 Å². The maximum absolute atomic E-state index is 12.2. The molecule has 32 heavy (non-hydrogen) atoms. The molecule has 10 nitrogen and oxygen atoms in total. The first-order valence-electron chi connectivity index (χ1n) is 9.18. The van der Waals surface area contributed by atoms with Crippen molar-refractivity contribution in [3.8, 4) is 46.0 Å². The van der Waals surface area contributed by atoms with Crippen molar-refractivity contribution < 1.29 is 46.2 Å². The molecule has 3 aromatic rings. The summed E-state index contributed by atoms with van der Waals surface area (Å²) in [5, 5.41) is 0. The Morgan fingerprint density at radius 1 is 0.531 bits per heavy atom. The highest BCUT2D eigenvalue weighted by Gasteiger charge is 2.29. The lowest BCUT2D eigenvalue weighted by atomic mass is 10.3. The van der Waals surface area contributed by atoms with Gasteiger partial charge >= 0.3 is 16.5 Å². The minimum absolute atomic E-state index is 0.120. The summed E-state index contributed by atoms with van der Waals surface area (Å²) < 4.78 is 66.6. The van der Waals surface area contributed by atoms with E-state index < -0.39 is 16.5 Å². The molecule has 3 aromatic carbocycles. The molecule has 2 unspecified atom stereocenters. The maximum atomic E-state index is 12.2. The van der Waals surface area contributed by atoms with E-state index in [4.69, 9.17) is 37.0 Å². The average Bonchev–Trinajstić information content (AvgIpc) is 3.42. The Morgan fingerprint density at radius 3 is 1.41 bits per heavy atom. The number of ether oxygens (including phenoxy) is 4. The molecule has 0 N–H and O–H groups in total. The molecule has 12 heteroatoms. The van der Waals surface area contributed by atoms with E-state index >= 15 is 0 Å². The Kier molecular flexibility index (Phi) is 5.54. The quantitative estimate of drug-likeness (QED) is 0.394. The summed E-state index contributed by atoms with van der Waals surface area (Å²) in [6.07, 6.45) is 0. The third-order valence-corrected chi connectivity index (χ3v) is 5.65. The first-order valence-corrected chi connectivity index (χ1v) is 11.4. The summed E-state index contributed by atoms with van der Waals surface area (Å²) >= 11 is 0. The van der Waals surface area contributed by atoms with Crippen LogP contribution in [0.25, 0.3) is 0 Å². The van der Waals surface area contributed by atoms with E-state index in [1.54, 1.807) is 54.6 Å². The normalized spacial score (nSPS) is 13.9. The van der Waals surface area contributed by atoms with Crippen LogP contribution in [0.4, 0.5) is 0 Å². The molecule has 0 saturated heterocycles. The Bertz CT molecular complexity index is 1110. The molecule has 0 radical (unpaired) electrons. The van der Waals surface area contributed by atoms with Crippen LogP contribution < -0.4 is 37.0 Å². The molecule has 2 aliphatic heterocycles. The van der Waals surface area contributed by atoms with Crippen LogP contribution in [0.3, 0.4) is 0 Å². The third-order valence-electron chi connectivity index (χ3n) is 4.21. The van der Waals surface area contributed by atoms with Crippen LogP contribution >= 0.6 is 16.5 Å². The monoisotopic (exact) mass is 476 g/mol. The van der Waals surface area contributed by atoms with E-state index in [0.717, 1.165) is 0 Å². The van der Waals surface area contributed by atoms with Crippen LogP contribution in [-0.2, 0) is 9.13 Å². The van der Waals surface area contributed by atoms with Crippen molar-refractivity contribution in [3.63, 3.8) is 0 Å². The van der Waals surface area contributed by atoms with Crippen molar-refractivity contribution in [2.75, 3.05) is 13.6 Å². The largest absolute Gasteiger partial charge is 0.805 e. The highest BCUT2D eigenvalue weighted by atomic mass is 31.1. The molecule has 0 saturated carbocycles. The highest BCUT2D eigenvalue weighted by Crippen LogP contribution is 2.41. The van der Waals surface area contributed by atoms with Crippen LogP contribution in [0, 0.1) is 0 Å². The SMILES string of the molecule is O=[P+](Oc1cccc(O[P+](=O)Oc2ccc3c(c2)OCO3)c1)Oc1ccc2c(c1)OCO2. The zero-order chi connectivity index (χ0) is 21.9. The molecular weight excluding hydrogens is 462 g/mol. The van der Waals surface area contributed by atoms with Gasteiger partial charge in [0.25, 0.3) is 0 Å². The van der Waals surface area contributed by atoms with Gasteiger partial charge in [-0.1, -0.05) is 6.07 Å². The zero-order valence-corrected chi connectivity index (χ0v) is 18.0. The fraction of sp³-hybridized carbons (Fsp3) is 0.100. The number of benzene rings is 3. The number of rotatable bonds is 8. The number of hydrogen-bond donors (Lipinski definition) is 0. The Hall–Kier alpha value is -3.74. The predicted octanol–water partition coefficient (Wildman–Crippen LogP) is 5.37. The Morgan fingerprint density at radius 2 is 0.938 bits per heavy atom. The van der Waals surface area contributed by atoms with Gasteiger partial charge in [-0.3, -0.25) is 0 Å². The molecule has 5 rings (SSSR count). The molecule has 162 valence electrons. The highest BCUT2D eigenvalue weighted by molar-refractivity contribution is 7.34. The minimum Gasteiger partial charge on any atom is -0.454 e. The topological polar surface area (TPSA) is 108 Å². The maximum Gasteiger partial charge on any atom is 0.805 e. The van der Waals surface area contributed by atoms with Gasteiger partial charge in [-0.15, -0.1) is 0 Å². The molecule has 0 aliphatic carbocycles. The van der Waals surface area contributed by atoms with E-state index in [1.165, 1.54) is 6.07 Å². The molecule has 0 amide bonds. The molecule has 2 atom stereocenters. The fourth-order valence-corrected chi connectivity index (χ4v) is 4.05. The lowest BCUT2D eigenvalue weighted by Crippen LogP contribution is -1.93. The molecular formula is C20H14O10P2+2. The van der Waals surface area contributed by atoms with Crippen LogP contribution in [0.1, 0.15) is 0 Å². The van der Waals surface area contributed by atoms with Gasteiger partial charge in [-0.25, -0.2) is 18.1 Å². The zero-order valence-electron chi connectivity index (χ0n) is 16.2. The molecule has 0 aromatic heterocycles. The van der Waals surface area contributed by atoms with Crippen LogP contribution in [0.2, 0.25) is 0 Å². The molecule has 0 fully saturated rings. The van der Waals surface area contributed by atoms with E-state index in [1.807, 2.05) is 0 Å². The Labute approximate surface area is 183 Å². The van der Waals surface area contributed by atoms with Gasteiger partial charge in [0, 0.05) is 27.3 Å². The van der Waals surface area contributed by atoms with Gasteiger partial charge in [-0.05, 0) is 36.4 Å². The van der Waals surface area contributed by atoms with Crippen molar-refractivity contribution in [1.82, 2.24) is 0 Å². The van der Waals surface area contributed by atoms with Gasteiger partial charge in [0.15, 0.2) is 46.0 Å². The number of hydrogen-bond acceptors (Lipinski definition) is 10. The van der Waals surface area contributed by atoms with Gasteiger partial charge in [-0.2, -0.15) is 0 Å². The predicted molar refractivity (Wildman–Crippen MR) is 109 cm³/mol. The summed E-state index contributed by atoms with van der Waals surface area (Å²) in [6, 6.07) is 15.7. The summed E-state index contributed by atoms with van der Waals surface area (Å²) in [5.41, 5.74) is 0. The van der Waals surface area contributed by atoms with Gasteiger partial charge in [0.1, 0.15) is 0 Å². The third kappa shape index (κ3) is 4.61. The molecule has 2 aliphatic rings. The van der Waals surface area contributed by atoms with Crippen molar-refractivity contribution in [2.24, 2.45) is 0 Å². The lowest BCUT2D eigenvalue weighted by molar-refractivity contribution is 0.173. The van der Waals surface area contributed by atoms with E-state index in [0.29, 0.717) is 34.5 Å². The molecule has 2 heterocycles. The first-order chi connectivity index (χ1) is 15.6. The second kappa shape index (κ2) is 8.78. The molecule has 0 bridgehead atoms. The van der Waals surface area contributed by atoms with Gasteiger partial charge in [0.05, 0.1) is 0 Å². The van der Waals surface area contributed by atoms with Crippen LogP contribution in [-0.4, -0.2) is 13.6 Å². The lowest BCUT2D eigenvalue weighted by Gasteiger charge is -1.98. The first kappa shape index (κ1) is 20.2. The van der Waals surface area contributed by atoms with E-state index in [-0.39, 0.29) is 25.1 Å². The van der Waals surface area contributed by atoms with Gasteiger partial charge < -0.3 is 18.9 Å². The smallest absolute Gasteiger partial charge is 0.454 e. The van der Waals surface area contributed by atoms with E-state index in [9.17, 15) is 9.13 Å². The van der Waals surface area contributed by atoms with Crippen molar-refractivity contribution in [3.05, 3.63) is 60.7 Å². The second-order valence-electron chi connectivity index (χ2n) is 6.32. The Balaban J connectivity index is 1.18. The standard InChI is InChI=1S/C20H14O10P2/c21-31(29-15-4-6-17-19(9-15)25-11-23-17)27-13-2-1-3-14(8-13)28-32(22)30-16-5-7-18-20(10-16)26-12-24-18/h1-10H,11-12H2/q+2. The van der Waals surface area contributed by atoms with Crippen molar-refractivity contribution >= 4 is 16.5 Å². The second-order valence-corrected chi connectivity index (χ2v) is 7.94. The van der Waals surface area contributed by atoms with Crippen LogP contribution in [0.5, 0.6) is 46.0 Å². The molecule has 0 spiro atoms. The van der Waals surface area contributed by atoms with Crippen molar-refractivity contribution in [1.29, 1.82) is 0 Å². The van der Waals surface area contributed by atoms with Crippen molar-refractivity contribution in [2.45, 2.75) is 0 Å². The fourth-order valence-electron chi connectivity index (χ4n) is 2.84.